The first-order valence-corrected chi connectivity index (χ1v) is 9.49. The highest BCUT2D eigenvalue weighted by Gasteiger charge is 2.28. The quantitative estimate of drug-likeness (QED) is 0.451. The van der Waals surface area contributed by atoms with E-state index in [1.165, 1.54) is 34.6 Å². The van der Waals surface area contributed by atoms with Gasteiger partial charge in [0.2, 0.25) is 10.0 Å². The lowest BCUT2D eigenvalue weighted by Crippen LogP contribution is -2.25. The number of nitrogens with zero attached hydrogens (tertiary/aromatic N) is 2. The van der Waals surface area contributed by atoms with Crippen molar-refractivity contribution in [3.63, 3.8) is 0 Å². The monoisotopic (exact) mass is 376 g/mol. The Morgan fingerprint density at radius 3 is 2.65 bits per heavy atom. The fourth-order valence-electron chi connectivity index (χ4n) is 2.76. The van der Waals surface area contributed by atoms with E-state index in [1.807, 2.05) is 0 Å². The minimum Gasteiger partial charge on any atom is -0.457 e. The lowest BCUT2D eigenvalue weighted by atomic mass is 10.2. The van der Waals surface area contributed by atoms with E-state index in [-0.39, 0.29) is 29.2 Å². The van der Waals surface area contributed by atoms with Crippen molar-refractivity contribution in [3.8, 4) is 0 Å². The van der Waals surface area contributed by atoms with Crippen LogP contribution in [0.3, 0.4) is 0 Å². The lowest BCUT2D eigenvalue weighted by molar-refractivity contribution is -0.385. The maximum atomic E-state index is 12.3. The molecule has 1 fully saturated rings. The van der Waals surface area contributed by atoms with Gasteiger partial charge < -0.3 is 4.74 Å². The number of rotatable bonds is 5. The molecule has 1 saturated heterocycles. The molecule has 0 saturated carbocycles. The highest BCUT2D eigenvalue weighted by molar-refractivity contribution is 7.93. The molecule has 0 atom stereocenters. The van der Waals surface area contributed by atoms with Crippen molar-refractivity contribution in [3.05, 3.63) is 69.8 Å². The molecule has 1 heterocycles. The Balaban J connectivity index is 1.75. The summed E-state index contributed by atoms with van der Waals surface area (Å²) in [6.45, 7) is 0.124. The van der Waals surface area contributed by atoms with Crippen LogP contribution in [-0.4, -0.2) is 31.6 Å². The van der Waals surface area contributed by atoms with Crippen LogP contribution in [0.2, 0.25) is 0 Å². The summed E-state index contributed by atoms with van der Waals surface area (Å²) in [5.41, 5.74) is 0.743. The van der Waals surface area contributed by atoms with Gasteiger partial charge in [-0.25, -0.2) is 13.2 Å². The minimum absolute atomic E-state index is 0.0827. The van der Waals surface area contributed by atoms with Crippen molar-refractivity contribution in [1.82, 2.24) is 0 Å². The number of carbonyl (C=O) groups excluding carboxylic acids is 1. The largest absolute Gasteiger partial charge is 0.457 e. The molecule has 1 aliphatic heterocycles. The second-order valence-corrected chi connectivity index (χ2v) is 7.77. The van der Waals surface area contributed by atoms with Gasteiger partial charge in [0.1, 0.15) is 6.61 Å². The number of benzene rings is 2. The molecule has 2 aromatic rings. The van der Waals surface area contributed by atoms with Gasteiger partial charge in [0.05, 0.1) is 27.5 Å². The minimum atomic E-state index is -3.35. The van der Waals surface area contributed by atoms with Crippen molar-refractivity contribution in [2.24, 2.45) is 0 Å². The van der Waals surface area contributed by atoms with Gasteiger partial charge in [-0.05, 0) is 30.7 Å². The molecule has 2 aromatic carbocycles. The normalized spacial score (nSPS) is 15.6. The van der Waals surface area contributed by atoms with Crippen LogP contribution >= 0.6 is 0 Å². The Kier molecular flexibility index (Phi) is 4.90. The molecular formula is C17H16N2O6S. The van der Waals surface area contributed by atoms with Crippen molar-refractivity contribution < 1.29 is 22.9 Å². The Morgan fingerprint density at radius 1 is 1.19 bits per heavy atom. The molecule has 0 aromatic heterocycles. The van der Waals surface area contributed by atoms with Crippen molar-refractivity contribution in [1.29, 1.82) is 0 Å². The van der Waals surface area contributed by atoms with Gasteiger partial charge in [-0.15, -0.1) is 0 Å². The fourth-order valence-corrected chi connectivity index (χ4v) is 4.31. The number of para-hydroxylation sites is 1. The van der Waals surface area contributed by atoms with Crippen LogP contribution in [0.15, 0.2) is 48.5 Å². The smallest absolute Gasteiger partial charge is 0.338 e. The van der Waals surface area contributed by atoms with Crippen molar-refractivity contribution >= 4 is 27.4 Å². The Labute approximate surface area is 150 Å². The zero-order valence-electron chi connectivity index (χ0n) is 13.7. The van der Waals surface area contributed by atoms with E-state index in [4.69, 9.17) is 4.74 Å². The summed E-state index contributed by atoms with van der Waals surface area (Å²) in [7, 11) is -3.35. The van der Waals surface area contributed by atoms with E-state index in [0.29, 0.717) is 18.7 Å². The van der Waals surface area contributed by atoms with Gasteiger partial charge >= 0.3 is 5.97 Å². The number of nitro groups is 1. The molecule has 0 aliphatic carbocycles. The van der Waals surface area contributed by atoms with Crippen molar-refractivity contribution in [2.45, 2.75) is 13.0 Å². The van der Waals surface area contributed by atoms with E-state index < -0.39 is 20.9 Å². The summed E-state index contributed by atoms with van der Waals surface area (Å²) in [6.07, 6.45) is 0.536. The van der Waals surface area contributed by atoms with Crippen LogP contribution in [0.25, 0.3) is 0 Å². The van der Waals surface area contributed by atoms with E-state index in [2.05, 4.69) is 0 Å². The van der Waals surface area contributed by atoms with Gasteiger partial charge in [0.25, 0.3) is 5.69 Å². The fraction of sp³-hybridized carbons (Fsp3) is 0.235. The number of sulfonamides is 1. The molecule has 136 valence electrons. The van der Waals surface area contributed by atoms with E-state index in [1.54, 1.807) is 18.2 Å². The van der Waals surface area contributed by atoms with E-state index >= 15 is 0 Å². The van der Waals surface area contributed by atoms with Crippen LogP contribution < -0.4 is 4.31 Å². The van der Waals surface area contributed by atoms with E-state index in [9.17, 15) is 23.3 Å². The molecule has 0 unspecified atom stereocenters. The topological polar surface area (TPSA) is 107 Å². The molecule has 8 nitrogen and oxygen atoms in total. The maximum absolute atomic E-state index is 12.3. The zero-order valence-corrected chi connectivity index (χ0v) is 14.5. The highest BCUT2D eigenvalue weighted by atomic mass is 32.2. The number of carbonyl (C=O) groups is 1. The average molecular weight is 376 g/mol. The van der Waals surface area contributed by atoms with E-state index in [0.717, 1.165) is 0 Å². The van der Waals surface area contributed by atoms with Crippen LogP contribution in [0, 0.1) is 10.1 Å². The molecule has 0 amide bonds. The SMILES string of the molecule is O=C(OCc1ccccc1[N+](=O)[O-])c1cccc(N2CCCS2(=O)=O)c1. The second kappa shape index (κ2) is 7.12. The summed E-state index contributed by atoms with van der Waals surface area (Å²) in [5, 5.41) is 11.0. The second-order valence-electron chi connectivity index (χ2n) is 5.75. The lowest BCUT2D eigenvalue weighted by Gasteiger charge is -2.17. The molecular weight excluding hydrogens is 360 g/mol. The Hall–Kier alpha value is -2.94. The molecule has 0 spiro atoms. The first kappa shape index (κ1) is 17.9. The third-order valence-electron chi connectivity index (χ3n) is 4.02. The average Bonchev–Trinajstić information content (AvgIpc) is 2.99. The molecule has 0 N–H and O–H groups in total. The highest BCUT2D eigenvalue weighted by Crippen LogP contribution is 2.25. The number of ether oxygens (including phenoxy) is 1. The number of hydrogen-bond acceptors (Lipinski definition) is 6. The summed E-state index contributed by atoms with van der Waals surface area (Å²) in [5.74, 6) is -0.596. The Bertz CT molecular complexity index is 957. The Morgan fingerprint density at radius 2 is 1.96 bits per heavy atom. The predicted molar refractivity (Wildman–Crippen MR) is 94.4 cm³/mol. The summed E-state index contributed by atoms with van der Waals surface area (Å²) in [6, 6.07) is 12.1. The standard InChI is InChI=1S/C17H16N2O6S/c20-17(25-12-14-5-1-2-8-16(14)19(21)22)13-6-3-7-15(11-13)18-9-4-10-26(18,23)24/h1-3,5-8,11H,4,9-10,12H2. The molecule has 1 aliphatic rings. The van der Waals surface area contributed by atoms with Gasteiger partial charge in [-0.1, -0.05) is 18.2 Å². The van der Waals surface area contributed by atoms with Crippen LogP contribution in [0.4, 0.5) is 11.4 Å². The maximum Gasteiger partial charge on any atom is 0.338 e. The zero-order chi connectivity index (χ0) is 18.7. The summed E-state index contributed by atoms with van der Waals surface area (Å²) in [4.78, 5) is 22.7. The summed E-state index contributed by atoms with van der Waals surface area (Å²) < 4.78 is 30.4. The number of hydrogen-bond donors (Lipinski definition) is 0. The number of esters is 1. The van der Waals surface area contributed by atoms with Gasteiger partial charge in [-0.2, -0.15) is 0 Å². The van der Waals surface area contributed by atoms with Gasteiger partial charge in [-0.3, -0.25) is 14.4 Å². The molecule has 3 rings (SSSR count). The summed E-state index contributed by atoms with van der Waals surface area (Å²) >= 11 is 0. The molecule has 0 radical (unpaired) electrons. The van der Waals surface area contributed by atoms with Crippen LogP contribution in [-0.2, 0) is 21.4 Å². The third kappa shape index (κ3) is 3.67. The number of anilines is 1. The first-order valence-electron chi connectivity index (χ1n) is 7.88. The van der Waals surface area contributed by atoms with Crippen molar-refractivity contribution in [2.75, 3.05) is 16.6 Å². The molecule has 0 bridgehead atoms. The predicted octanol–water partition coefficient (Wildman–Crippen LogP) is 2.49. The van der Waals surface area contributed by atoms with Crippen LogP contribution in [0.5, 0.6) is 0 Å². The first-order chi connectivity index (χ1) is 12.4. The number of nitro benzene ring substituents is 1. The van der Waals surface area contributed by atoms with Gasteiger partial charge in [0, 0.05) is 12.6 Å². The molecule has 9 heteroatoms. The molecule has 26 heavy (non-hydrogen) atoms. The van der Waals surface area contributed by atoms with Gasteiger partial charge in [0.15, 0.2) is 0 Å². The third-order valence-corrected chi connectivity index (χ3v) is 5.89. The van der Waals surface area contributed by atoms with Crippen LogP contribution in [0.1, 0.15) is 22.3 Å².